The fourth-order valence-electron chi connectivity index (χ4n) is 6.99. The van der Waals surface area contributed by atoms with E-state index in [1.54, 1.807) is 66.7 Å². The van der Waals surface area contributed by atoms with Crippen molar-refractivity contribution in [2.24, 2.45) is 23.7 Å². The van der Waals surface area contributed by atoms with E-state index in [0.29, 0.717) is 43.5 Å². The molecule has 9 heteroatoms. The SMILES string of the molecule is CC1=CC2CC1C1C(=O)N(c3ccc(-c4cc(C(=O)OC(C)C(=O)c5cccc(Cl)c5)c5cccc(Cl)c5n4)cc3)C(=O)C21. The standard InChI is InChI=1S/C35H26Cl2N2O5/c1-17-13-21-15-25(17)30-29(21)33(41)39(34(30)42)23-11-9-19(10-12-23)28-16-26(24-7-4-8-27(37)31(24)38-28)35(43)44-18(2)32(40)20-5-3-6-22(36)14-20/h3-14,16,18,21,25,29-30H,15H2,1-2H3. The second-order valence-corrected chi connectivity index (χ2v) is 12.5. The van der Waals surface area contributed by atoms with Gasteiger partial charge in [-0.3, -0.25) is 19.3 Å². The van der Waals surface area contributed by atoms with Crippen molar-refractivity contribution < 1.29 is 23.9 Å². The summed E-state index contributed by atoms with van der Waals surface area (Å²) in [6.45, 7) is 3.55. The number of halogens is 2. The number of ether oxygens (including phenoxy) is 1. The van der Waals surface area contributed by atoms with Gasteiger partial charge >= 0.3 is 5.97 Å². The molecule has 220 valence electrons. The molecule has 0 spiro atoms. The summed E-state index contributed by atoms with van der Waals surface area (Å²) in [5.74, 6) is -1.70. The molecule has 7 nitrogen and oxygen atoms in total. The molecule has 2 bridgehead atoms. The number of hydrogen-bond donors (Lipinski definition) is 0. The molecule has 1 aliphatic heterocycles. The fourth-order valence-corrected chi connectivity index (χ4v) is 7.40. The number of fused-ring (bicyclic) bond motifs is 6. The number of pyridine rings is 1. The number of para-hydroxylation sites is 1. The molecule has 1 aromatic heterocycles. The number of aromatic nitrogens is 1. The lowest BCUT2D eigenvalue weighted by Gasteiger charge is -2.19. The van der Waals surface area contributed by atoms with E-state index >= 15 is 0 Å². The van der Waals surface area contributed by atoms with Crippen LogP contribution in [0.15, 0.2) is 84.4 Å². The lowest BCUT2D eigenvalue weighted by molar-refractivity contribution is -0.123. The van der Waals surface area contributed by atoms with E-state index < -0.39 is 12.1 Å². The van der Waals surface area contributed by atoms with Crippen molar-refractivity contribution in [3.63, 3.8) is 0 Å². The number of rotatable bonds is 6. The second-order valence-electron chi connectivity index (χ2n) is 11.6. The van der Waals surface area contributed by atoms with E-state index in [2.05, 4.69) is 6.08 Å². The summed E-state index contributed by atoms with van der Waals surface area (Å²) in [5.41, 5.74) is 3.70. The van der Waals surface area contributed by atoms with Gasteiger partial charge in [-0.25, -0.2) is 9.78 Å². The minimum atomic E-state index is -1.07. The third-order valence-corrected chi connectivity index (χ3v) is 9.61. The third kappa shape index (κ3) is 4.54. The van der Waals surface area contributed by atoms with Gasteiger partial charge in [0.1, 0.15) is 0 Å². The summed E-state index contributed by atoms with van der Waals surface area (Å²) < 4.78 is 5.62. The van der Waals surface area contributed by atoms with Gasteiger partial charge in [0, 0.05) is 21.5 Å². The van der Waals surface area contributed by atoms with Gasteiger partial charge in [-0.05, 0) is 68.5 Å². The van der Waals surface area contributed by atoms with Gasteiger partial charge in [-0.2, -0.15) is 0 Å². The molecule has 1 saturated carbocycles. The van der Waals surface area contributed by atoms with E-state index in [-0.39, 0.29) is 46.8 Å². The molecular weight excluding hydrogens is 599 g/mol. The Balaban J connectivity index is 1.18. The van der Waals surface area contributed by atoms with Gasteiger partial charge in [0.15, 0.2) is 6.10 Å². The van der Waals surface area contributed by atoms with Crippen molar-refractivity contribution in [1.29, 1.82) is 0 Å². The molecule has 3 aliphatic rings. The first-order chi connectivity index (χ1) is 21.1. The zero-order chi connectivity index (χ0) is 30.9. The monoisotopic (exact) mass is 624 g/mol. The molecule has 7 rings (SSSR count). The maximum Gasteiger partial charge on any atom is 0.339 e. The Morgan fingerprint density at radius 3 is 2.43 bits per heavy atom. The quantitative estimate of drug-likeness (QED) is 0.0964. The Hall–Kier alpha value is -4.33. The normalized spacial score (nSPS) is 22.7. The molecule has 5 unspecified atom stereocenters. The number of imide groups is 1. The van der Waals surface area contributed by atoms with Crippen LogP contribution >= 0.6 is 23.2 Å². The Kier molecular flexibility index (Phi) is 6.91. The predicted molar refractivity (Wildman–Crippen MR) is 168 cm³/mol. The average Bonchev–Trinajstić information content (AvgIpc) is 3.66. The summed E-state index contributed by atoms with van der Waals surface area (Å²) in [5, 5.41) is 1.22. The third-order valence-electron chi connectivity index (χ3n) is 9.07. The van der Waals surface area contributed by atoms with Crippen LogP contribution in [0.2, 0.25) is 10.0 Å². The molecular formula is C35H26Cl2N2O5. The number of ketones is 1. The van der Waals surface area contributed by atoms with Crippen LogP contribution in [-0.4, -0.2) is 34.7 Å². The van der Waals surface area contributed by atoms with Crippen LogP contribution in [0, 0.1) is 23.7 Å². The number of Topliss-reactive ketones (excluding diaryl/α,β-unsaturated/α-hetero) is 1. The number of hydrogen-bond acceptors (Lipinski definition) is 6. The largest absolute Gasteiger partial charge is 0.451 e. The van der Waals surface area contributed by atoms with Crippen molar-refractivity contribution in [3.8, 4) is 11.3 Å². The highest BCUT2D eigenvalue weighted by Crippen LogP contribution is 2.56. The lowest BCUT2D eigenvalue weighted by Crippen LogP contribution is -2.32. The highest BCUT2D eigenvalue weighted by atomic mass is 35.5. The minimum Gasteiger partial charge on any atom is -0.451 e. The highest BCUT2D eigenvalue weighted by molar-refractivity contribution is 6.35. The zero-order valence-electron chi connectivity index (χ0n) is 23.8. The summed E-state index contributed by atoms with van der Waals surface area (Å²) >= 11 is 12.5. The van der Waals surface area contributed by atoms with Crippen LogP contribution in [-0.2, 0) is 14.3 Å². The Labute approximate surface area is 263 Å². The smallest absolute Gasteiger partial charge is 0.339 e. The molecule has 0 radical (unpaired) electrons. The predicted octanol–water partition coefficient (Wildman–Crippen LogP) is 7.34. The van der Waals surface area contributed by atoms with Gasteiger partial charge in [0.2, 0.25) is 17.6 Å². The Morgan fingerprint density at radius 1 is 0.955 bits per heavy atom. The number of amides is 2. The first kappa shape index (κ1) is 28.4. The van der Waals surface area contributed by atoms with Gasteiger partial charge < -0.3 is 4.74 Å². The van der Waals surface area contributed by atoms with Crippen molar-refractivity contribution in [1.82, 2.24) is 4.98 Å². The van der Waals surface area contributed by atoms with Gasteiger partial charge in [0.25, 0.3) is 0 Å². The highest BCUT2D eigenvalue weighted by Gasteiger charge is 2.60. The molecule has 5 atom stereocenters. The van der Waals surface area contributed by atoms with Crippen LogP contribution in [0.25, 0.3) is 22.2 Å². The maximum absolute atomic E-state index is 13.5. The lowest BCUT2D eigenvalue weighted by atomic mass is 9.82. The Bertz CT molecular complexity index is 1940. The average molecular weight is 626 g/mol. The van der Waals surface area contributed by atoms with E-state index in [4.69, 9.17) is 32.9 Å². The Morgan fingerprint density at radius 2 is 1.68 bits per heavy atom. The van der Waals surface area contributed by atoms with E-state index in [9.17, 15) is 19.2 Å². The van der Waals surface area contributed by atoms with Gasteiger partial charge in [0.05, 0.1) is 39.3 Å². The number of carbonyl (C=O) groups is 4. The molecule has 2 heterocycles. The number of anilines is 1. The molecule has 44 heavy (non-hydrogen) atoms. The summed E-state index contributed by atoms with van der Waals surface area (Å²) in [6, 6.07) is 20.1. The van der Waals surface area contributed by atoms with Crippen molar-refractivity contribution >= 4 is 63.4 Å². The van der Waals surface area contributed by atoms with E-state index in [1.807, 2.05) is 6.92 Å². The van der Waals surface area contributed by atoms with Crippen LogP contribution in [0.1, 0.15) is 41.0 Å². The number of esters is 1. The molecule has 2 fully saturated rings. The molecule has 2 aliphatic carbocycles. The molecule has 0 N–H and O–H groups in total. The topological polar surface area (TPSA) is 93.6 Å². The molecule has 4 aromatic rings. The van der Waals surface area contributed by atoms with Gasteiger partial charge in [-0.15, -0.1) is 0 Å². The summed E-state index contributed by atoms with van der Waals surface area (Å²) in [7, 11) is 0. The summed E-state index contributed by atoms with van der Waals surface area (Å²) in [6.07, 6.45) is 1.95. The second kappa shape index (κ2) is 10.7. The summed E-state index contributed by atoms with van der Waals surface area (Å²) in [4.78, 5) is 59.2. The molecule has 2 amide bonds. The molecule has 3 aromatic carbocycles. The van der Waals surface area contributed by atoms with Gasteiger partial charge in [-0.1, -0.05) is 71.2 Å². The fraction of sp³-hybridized carbons (Fsp3) is 0.229. The number of allylic oxidation sites excluding steroid dienone is 2. The number of nitrogens with zero attached hydrogens (tertiary/aromatic N) is 2. The van der Waals surface area contributed by atoms with Crippen LogP contribution in [0.3, 0.4) is 0 Å². The maximum atomic E-state index is 13.5. The number of benzene rings is 3. The van der Waals surface area contributed by atoms with Crippen molar-refractivity contribution in [2.75, 3.05) is 4.90 Å². The van der Waals surface area contributed by atoms with E-state index in [0.717, 1.165) is 6.42 Å². The van der Waals surface area contributed by atoms with Crippen molar-refractivity contribution in [3.05, 3.63) is 106 Å². The molecule has 1 saturated heterocycles. The van der Waals surface area contributed by atoms with Crippen molar-refractivity contribution in [2.45, 2.75) is 26.4 Å². The van der Waals surface area contributed by atoms with Crippen LogP contribution in [0.4, 0.5) is 5.69 Å². The number of carbonyl (C=O) groups excluding carboxylic acids is 4. The first-order valence-electron chi connectivity index (χ1n) is 14.4. The minimum absolute atomic E-state index is 0.124. The zero-order valence-corrected chi connectivity index (χ0v) is 25.3. The van der Waals surface area contributed by atoms with Crippen LogP contribution < -0.4 is 4.90 Å². The first-order valence-corrected chi connectivity index (χ1v) is 15.1. The van der Waals surface area contributed by atoms with Crippen LogP contribution in [0.5, 0.6) is 0 Å². The van der Waals surface area contributed by atoms with E-state index in [1.165, 1.54) is 23.5 Å².